The number of aromatic hydroxyl groups is 4. The van der Waals surface area contributed by atoms with Crippen LogP contribution in [0.2, 0.25) is 0 Å². The van der Waals surface area contributed by atoms with Gasteiger partial charge in [-0.05, 0) is 18.2 Å². The molecule has 0 aliphatic heterocycles. The summed E-state index contributed by atoms with van der Waals surface area (Å²) in [5.41, 5.74) is -0.879. The lowest BCUT2D eigenvalue weighted by Crippen LogP contribution is -2.04. The molecule has 1 aromatic heterocycles. The van der Waals surface area contributed by atoms with Crippen molar-refractivity contribution in [1.82, 2.24) is 0 Å². The van der Waals surface area contributed by atoms with Crippen LogP contribution in [0, 0.1) is 0 Å². The molecule has 0 amide bonds. The number of fused-ring (bicyclic) bond motifs is 1. The van der Waals surface area contributed by atoms with Gasteiger partial charge in [0, 0.05) is 11.6 Å². The molecule has 0 unspecified atom stereocenters. The Balaban J connectivity index is 2.33. The molecule has 0 radical (unpaired) electrons. The molecule has 0 fully saturated rings. The summed E-state index contributed by atoms with van der Waals surface area (Å²) in [4.78, 5) is 12.4. The van der Waals surface area contributed by atoms with Crippen LogP contribution in [-0.4, -0.2) is 34.6 Å². The molecule has 4 N–H and O–H groups in total. The highest BCUT2D eigenvalue weighted by molar-refractivity contribution is 5.91. The maximum atomic E-state index is 12.4. The lowest BCUT2D eigenvalue weighted by Gasteiger charge is -2.11. The van der Waals surface area contributed by atoms with Gasteiger partial charge < -0.3 is 34.3 Å². The molecule has 1 heterocycles. The summed E-state index contributed by atoms with van der Waals surface area (Å²) in [6.07, 6.45) is 0. The standard InChI is InChI=1S/C17H14O8/c1-23-10-4-3-7(5-8(10)18)16-15(22)13(20)12-11(25-16)6-9(19)17(24-2)14(12)21/h3-6,18-19,21-22H,1-2H3. The van der Waals surface area contributed by atoms with Gasteiger partial charge in [0.2, 0.25) is 16.9 Å². The lowest BCUT2D eigenvalue weighted by atomic mass is 10.1. The van der Waals surface area contributed by atoms with Crippen LogP contribution < -0.4 is 14.9 Å². The third-order valence-electron chi connectivity index (χ3n) is 3.71. The molecule has 3 aromatic rings. The van der Waals surface area contributed by atoms with Gasteiger partial charge in [0.25, 0.3) is 0 Å². The van der Waals surface area contributed by atoms with Crippen LogP contribution in [0.15, 0.2) is 33.5 Å². The van der Waals surface area contributed by atoms with Crippen LogP contribution in [-0.2, 0) is 0 Å². The van der Waals surface area contributed by atoms with Crippen LogP contribution in [0.25, 0.3) is 22.3 Å². The smallest absolute Gasteiger partial charge is 0.238 e. The fourth-order valence-corrected chi connectivity index (χ4v) is 2.52. The number of hydrogen-bond donors (Lipinski definition) is 4. The molecular formula is C17H14O8. The van der Waals surface area contributed by atoms with Crippen molar-refractivity contribution >= 4 is 11.0 Å². The van der Waals surface area contributed by atoms with E-state index in [-0.39, 0.29) is 39.5 Å². The van der Waals surface area contributed by atoms with E-state index in [1.807, 2.05) is 0 Å². The normalized spacial score (nSPS) is 10.8. The molecule has 0 saturated heterocycles. The summed E-state index contributed by atoms with van der Waals surface area (Å²) in [6.45, 7) is 0. The van der Waals surface area contributed by atoms with Crippen molar-refractivity contribution in [3.8, 4) is 45.8 Å². The van der Waals surface area contributed by atoms with E-state index in [0.29, 0.717) is 0 Å². The summed E-state index contributed by atoms with van der Waals surface area (Å²) in [6, 6.07) is 5.22. The molecule has 0 saturated carbocycles. The Morgan fingerprint density at radius 2 is 1.64 bits per heavy atom. The molecule has 25 heavy (non-hydrogen) atoms. The Labute approximate surface area is 140 Å². The van der Waals surface area contributed by atoms with E-state index in [1.54, 1.807) is 0 Å². The summed E-state index contributed by atoms with van der Waals surface area (Å²) in [7, 11) is 2.58. The first kappa shape index (κ1) is 16.3. The number of methoxy groups -OCH3 is 2. The number of benzene rings is 2. The van der Waals surface area contributed by atoms with Crippen molar-refractivity contribution in [3.05, 3.63) is 34.5 Å². The van der Waals surface area contributed by atoms with Gasteiger partial charge in [0.1, 0.15) is 11.0 Å². The Morgan fingerprint density at radius 3 is 2.24 bits per heavy atom. The van der Waals surface area contributed by atoms with Gasteiger partial charge in [-0.15, -0.1) is 0 Å². The highest BCUT2D eigenvalue weighted by atomic mass is 16.5. The van der Waals surface area contributed by atoms with Crippen LogP contribution in [0.5, 0.6) is 34.5 Å². The molecule has 0 spiro atoms. The average molecular weight is 346 g/mol. The Bertz CT molecular complexity index is 1040. The second-order valence-corrected chi connectivity index (χ2v) is 5.15. The van der Waals surface area contributed by atoms with Crippen molar-refractivity contribution in [2.45, 2.75) is 0 Å². The molecule has 8 nitrogen and oxygen atoms in total. The fraction of sp³-hybridized carbons (Fsp3) is 0.118. The number of ether oxygens (including phenoxy) is 2. The van der Waals surface area contributed by atoms with Gasteiger partial charge in [0.15, 0.2) is 28.8 Å². The number of rotatable bonds is 3. The highest BCUT2D eigenvalue weighted by Gasteiger charge is 2.23. The van der Waals surface area contributed by atoms with Crippen molar-refractivity contribution in [2.75, 3.05) is 14.2 Å². The maximum absolute atomic E-state index is 12.4. The molecule has 0 bridgehead atoms. The molecular weight excluding hydrogens is 332 g/mol. The van der Waals surface area contributed by atoms with Gasteiger partial charge in [-0.25, -0.2) is 0 Å². The van der Waals surface area contributed by atoms with Crippen molar-refractivity contribution in [2.24, 2.45) is 0 Å². The molecule has 0 aliphatic carbocycles. The Morgan fingerprint density at radius 1 is 0.920 bits per heavy atom. The van der Waals surface area contributed by atoms with E-state index in [2.05, 4.69) is 0 Å². The van der Waals surface area contributed by atoms with Gasteiger partial charge >= 0.3 is 0 Å². The first-order chi connectivity index (χ1) is 11.9. The zero-order valence-corrected chi connectivity index (χ0v) is 13.2. The average Bonchev–Trinajstić information content (AvgIpc) is 2.58. The third-order valence-corrected chi connectivity index (χ3v) is 3.71. The van der Waals surface area contributed by atoms with Gasteiger partial charge in [-0.3, -0.25) is 4.79 Å². The number of hydrogen-bond acceptors (Lipinski definition) is 8. The number of phenolic OH excluding ortho intramolecular Hbond substituents is 3. The maximum Gasteiger partial charge on any atom is 0.238 e. The fourth-order valence-electron chi connectivity index (χ4n) is 2.52. The van der Waals surface area contributed by atoms with E-state index < -0.39 is 22.7 Å². The van der Waals surface area contributed by atoms with Crippen LogP contribution >= 0.6 is 0 Å². The third kappa shape index (κ3) is 2.44. The second kappa shape index (κ2) is 5.82. The molecule has 130 valence electrons. The van der Waals surface area contributed by atoms with Gasteiger partial charge in [-0.1, -0.05) is 0 Å². The van der Waals surface area contributed by atoms with E-state index in [9.17, 15) is 25.2 Å². The van der Waals surface area contributed by atoms with E-state index >= 15 is 0 Å². The lowest BCUT2D eigenvalue weighted by molar-refractivity contribution is 0.346. The summed E-state index contributed by atoms with van der Waals surface area (Å²) in [5, 5.41) is 39.7. The predicted molar refractivity (Wildman–Crippen MR) is 87.7 cm³/mol. The Kier molecular flexibility index (Phi) is 3.80. The first-order valence-electron chi connectivity index (χ1n) is 7.05. The van der Waals surface area contributed by atoms with Crippen LogP contribution in [0.4, 0.5) is 0 Å². The van der Waals surface area contributed by atoms with E-state index in [4.69, 9.17) is 13.9 Å². The van der Waals surface area contributed by atoms with Gasteiger partial charge in [0.05, 0.1) is 14.2 Å². The zero-order valence-electron chi connectivity index (χ0n) is 13.2. The van der Waals surface area contributed by atoms with Gasteiger partial charge in [-0.2, -0.15) is 0 Å². The largest absolute Gasteiger partial charge is 0.504 e. The van der Waals surface area contributed by atoms with Crippen molar-refractivity contribution in [1.29, 1.82) is 0 Å². The topological polar surface area (TPSA) is 130 Å². The predicted octanol–water partition coefficient (Wildman–Crippen LogP) is 2.30. The zero-order chi connectivity index (χ0) is 18.3. The summed E-state index contributed by atoms with van der Waals surface area (Å²) < 4.78 is 15.2. The SMILES string of the molecule is COc1ccc(-c2oc3cc(O)c(OC)c(O)c3c(=O)c2O)cc1O. The minimum absolute atomic E-state index is 0.163. The highest BCUT2D eigenvalue weighted by Crippen LogP contribution is 2.43. The van der Waals surface area contributed by atoms with E-state index in [0.717, 1.165) is 6.07 Å². The monoisotopic (exact) mass is 346 g/mol. The summed E-state index contributed by atoms with van der Waals surface area (Å²) in [5.74, 6) is -2.42. The molecule has 8 heteroatoms. The van der Waals surface area contributed by atoms with E-state index in [1.165, 1.54) is 32.4 Å². The second-order valence-electron chi connectivity index (χ2n) is 5.15. The molecule has 0 aliphatic rings. The molecule has 2 aromatic carbocycles. The quantitative estimate of drug-likeness (QED) is 0.568. The van der Waals surface area contributed by atoms with Crippen molar-refractivity contribution in [3.63, 3.8) is 0 Å². The van der Waals surface area contributed by atoms with Crippen LogP contribution in [0.1, 0.15) is 0 Å². The Hall–Kier alpha value is -3.55. The molecule has 0 atom stereocenters. The minimum atomic E-state index is -0.914. The summed E-state index contributed by atoms with van der Waals surface area (Å²) >= 11 is 0. The number of phenols is 3. The first-order valence-corrected chi connectivity index (χ1v) is 7.05. The van der Waals surface area contributed by atoms with Crippen LogP contribution in [0.3, 0.4) is 0 Å². The molecule has 3 rings (SSSR count). The minimum Gasteiger partial charge on any atom is -0.504 e. The van der Waals surface area contributed by atoms with Crippen molar-refractivity contribution < 1.29 is 34.3 Å².